The van der Waals surface area contributed by atoms with Gasteiger partial charge in [0.05, 0.1) is 0 Å². The number of aliphatic imine (C=N–C) groups is 1. The molecule has 1 aliphatic heterocycles. The molecular weight excluding hydrogens is 212 g/mol. The fraction of sp³-hybridized carbons (Fsp3) is 0.417. The van der Waals surface area contributed by atoms with Crippen molar-refractivity contribution in [2.75, 3.05) is 6.61 Å². The molecule has 0 aliphatic carbocycles. The third-order valence-corrected chi connectivity index (χ3v) is 2.48. The fourth-order valence-electron chi connectivity index (χ4n) is 1.64. The average molecular weight is 225 g/mol. The summed E-state index contributed by atoms with van der Waals surface area (Å²) < 4.78 is 31.8. The Bertz CT molecular complexity index is 429. The van der Waals surface area contributed by atoms with Gasteiger partial charge in [0.15, 0.2) is 5.90 Å². The second-order valence-electron chi connectivity index (χ2n) is 4.11. The molecule has 1 atom stereocenters. The topological polar surface area (TPSA) is 21.6 Å². The standard InChI is InChI=1S/C12H13F2NO/c1-7(2)12-15-11(6-16-12)9-5-8(13)3-4-10(9)14/h3-5,7,11H,6H2,1-2H3. The molecule has 1 aliphatic rings. The fourth-order valence-corrected chi connectivity index (χ4v) is 1.64. The molecular formula is C12H13F2NO. The summed E-state index contributed by atoms with van der Waals surface area (Å²) in [5.74, 6) is -0.122. The summed E-state index contributed by atoms with van der Waals surface area (Å²) >= 11 is 0. The zero-order chi connectivity index (χ0) is 11.7. The van der Waals surface area contributed by atoms with Crippen molar-refractivity contribution in [3.63, 3.8) is 0 Å². The van der Waals surface area contributed by atoms with Gasteiger partial charge in [0, 0.05) is 11.5 Å². The van der Waals surface area contributed by atoms with Crippen LogP contribution >= 0.6 is 0 Å². The lowest BCUT2D eigenvalue weighted by Crippen LogP contribution is -2.06. The van der Waals surface area contributed by atoms with E-state index >= 15 is 0 Å². The Kier molecular flexibility index (Phi) is 2.90. The van der Waals surface area contributed by atoms with Crippen LogP contribution in [-0.4, -0.2) is 12.5 Å². The first kappa shape index (κ1) is 11.0. The van der Waals surface area contributed by atoms with Crippen molar-refractivity contribution >= 4 is 5.90 Å². The summed E-state index contributed by atoms with van der Waals surface area (Å²) in [6.07, 6.45) is 0. The van der Waals surface area contributed by atoms with E-state index in [4.69, 9.17) is 4.74 Å². The molecule has 0 bridgehead atoms. The van der Waals surface area contributed by atoms with Gasteiger partial charge in [-0.05, 0) is 18.2 Å². The van der Waals surface area contributed by atoms with Crippen LogP contribution in [0.3, 0.4) is 0 Å². The van der Waals surface area contributed by atoms with E-state index in [9.17, 15) is 8.78 Å². The lowest BCUT2D eigenvalue weighted by atomic mass is 10.1. The highest BCUT2D eigenvalue weighted by atomic mass is 19.1. The van der Waals surface area contributed by atoms with Crippen molar-refractivity contribution in [3.8, 4) is 0 Å². The average Bonchev–Trinajstić information content (AvgIpc) is 2.70. The van der Waals surface area contributed by atoms with E-state index in [2.05, 4.69) is 4.99 Å². The van der Waals surface area contributed by atoms with E-state index in [0.717, 1.165) is 12.1 Å². The van der Waals surface area contributed by atoms with Crippen molar-refractivity contribution in [2.24, 2.45) is 10.9 Å². The molecule has 16 heavy (non-hydrogen) atoms. The van der Waals surface area contributed by atoms with Crippen LogP contribution in [0.4, 0.5) is 8.78 Å². The largest absolute Gasteiger partial charge is 0.478 e. The SMILES string of the molecule is CC(C)C1=NC(c2cc(F)ccc2F)CO1. The van der Waals surface area contributed by atoms with E-state index in [1.807, 2.05) is 13.8 Å². The van der Waals surface area contributed by atoms with Gasteiger partial charge in [-0.2, -0.15) is 0 Å². The smallest absolute Gasteiger partial charge is 0.186 e. The number of halogens is 2. The predicted molar refractivity (Wildman–Crippen MR) is 57.3 cm³/mol. The summed E-state index contributed by atoms with van der Waals surface area (Å²) in [5.41, 5.74) is 0.260. The first-order chi connectivity index (χ1) is 7.58. The summed E-state index contributed by atoms with van der Waals surface area (Å²) in [7, 11) is 0. The maximum Gasteiger partial charge on any atom is 0.186 e. The first-order valence-corrected chi connectivity index (χ1v) is 5.23. The van der Waals surface area contributed by atoms with Gasteiger partial charge in [-0.25, -0.2) is 13.8 Å². The van der Waals surface area contributed by atoms with Gasteiger partial charge in [-0.1, -0.05) is 13.8 Å². The second-order valence-corrected chi connectivity index (χ2v) is 4.11. The molecule has 1 heterocycles. The number of ether oxygens (including phenoxy) is 1. The van der Waals surface area contributed by atoms with Gasteiger partial charge in [-0.15, -0.1) is 0 Å². The van der Waals surface area contributed by atoms with E-state index in [1.54, 1.807) is 0 Å². The van der Waals surface area contributed by atoms with E-state index in [-0.39, 0.29) is 18.1 Å². The molecule has 0 saturated carbocycles. The molecule has 0 saturated heterocycles. The zero-order valence-electron chi connectivity index (χ0n) is 9.21. The maximum absolute atomic E-state index is 13.5. The monoisotopic (exact) mass is 225 g/mol. The van der Waals surface area contributed by atoms with Crippen LogP contribution in [0.2, 0.25) is 0 Å². The number of hydrogen-bond donors (Lipinski definition) is 0. The number of benzene rings is 1. The highest BCUT2D eigenvalue weighted by molar-refractivity contribution is 5.79. The van der Waals surface area contributed by atoms with Crippen LogP contribution in [0, 0.1) is 17.6 Å². The molecule has 1 aromatic rings. The second kappa shape index (κ2) is 4.20. The van der Waals surface area contributed by atoms with Crippen molar-refractivity contribution in [2.45, 2.75) is 19.9 Å². The van der Waals surface area contributed by atoms with Gasteiger partial charge >= 0.3 is 0 Å². The van der Waals surface area contributed by atoms with Gasteiger partial charge in [0.1, 0.15) is 24.3 Å². The van der Waals surface area contributed by atoms with Crippen molar-refractivity contribution in [1.29, 1.82) is 0 Å². The quantitative estimate of drug-likeness (QED) is 0.757. The minimum Gasteiger partial charge on any atom is -0.478 e. The first-order valence-electron chi connectivity index (χ1n) is 5.23. The van der Waals surface area contributed by atoms with Crippen LogP contribution in [0.25, 0.3) is 0 Å². The Labute approximate surface area is 93.0 Å². The molecule has 2 nitrogen and oxygen atoms in total. The third kappa shape index (κ3) is 2.05. The molecule has 0 amide bonds. The summed E-state index contributed by atoms with van der Waals surface area (Å²) in [6, 6.07) is 2.97. The van der Waals surface area contributed by atoms with Crippen LogP contribution in [0.1, 0.15) is 25.5 Å². The highest BCUT2D eigenvalue weighted by Crippen LogP contribution is 2.27. The van der Waals surface area contributed by atoms with Crippen LogP contribution in [0.15, 0.2) is 23.2 Å². The van der Waals surface area contributed by atoms with E-state index < -0.39 is 17.7 Å². The number of nitrogens with zero attached hydrogens (tertiary/aromatic N) is 1. The minimum atomic E-state index is -0.454. The summed E-state index contributed by atoms with van der Waals surface area (Å²) in [4.78, 5) is 4.25. The Morgan fingerprint density at radius 1 is 1.38 bits per heavy atom. The molecule has 1 unspecified atom stereocenters. The molecule has 0 aromatic heterocycles. The van der Waals surface area contributed by atoms with Gasteiger partial charge in [-0.3, -0.25) is 0 Å². The molecule has 0 fully saturated rings. The Hall–Kier alpha value is -1.45. The van der Waals surface area contributed by atoms with Crippen LogP contribution in [0.5, 0.6) is 0 Å². The summed E-state index contributed by atoms with van der Waals surface area (Å²) in [5, 5.41) is 0. The molecule has 0 N–H and O–H groups in total. The predicted octanol–water partition coefficient (Wildman–Crippen LogP) is 3.09. The van der Waals surface area contributed by atoms with Crippen LogP contribution in [-0.2, 0) is 4.74 Å². The normalized spacial score (nSPS) is 19.8. The molecule has 86 valence electrons. The summed E-state index contributed by atoms with van der Waals surface area (Å²) in [6.45, 7) is 4.18. The van der Waals surface area contributed by atoms with Crippen molar-refractivity contribution in [3.05, 3.63) is 35.4 Å². The Morgan fingerprint density at radius 3 is 2.75 bits per heavy atom. The number of rotatable bonds is 2. The van der Waals surface area contributed by atoms with Gasteiger partial charge < -0.3 is 4.74 Å². The van der Waals surface area contributed by atoms with Crippen LogP contribution < -0.4 is 0 Å². The maximum atomic E-state index is 13.5. The lowest BCUT2D eigenvalue weighted by Gasteiger charge is -2.06. The zero-order valence-corrected chi connectivity index (χ0v) is 9.21. The highest BCUT2D eigenvalue weighted by Gasteiger charge is 2.24. The van der Waals surface area contributed by atoms with Gasteiger partial charge in [0.2, 0.25) is 0 Å². The van der Waals surface area contributed by atoms with E-state index in [0.29, 0.717) is 5.90 Å². The lowest BCUT2D eigenvalue weighted by molar-refractivity contribution is 0.301. The number of hydrogen-bond acceptors (Lipinski definition) is 2. The minimum absolute atomic E-state index is 0.168. The van der Waals surface area contributed by atoms with Gasteiger partial charge in [0.25, 0.3) is 0 Å². The molecule has 0 radical (unpaired) electrons. The molecule has 1 aromatic carbocycles. The molecule has 4 heteroatoms. The van der Waals surface area contributed by atoms with E-state index in [1.165, 1.54) is 6.07 Å². The van der Waals surface area contributed by atoms with Crippen molar-refractivity contribution in [1.82, 2.24) is 0 Å². The Balaban J connectivity index is 2.29. The Morgan fingerprint density at radius 2 is 2.12 bits per heavy atom. The van der Waals surface area contributed by atoms with Crippen molar-refractivity contribution < 1.29 is 13.5 Å². The third-order valence-electron chi connectivity index (χ3n) is 2.48. The molecule has 0 spiro atoms. The molecule has 2 rings (SSSR count).